The van der Waals surface area contributed by atoms with Gasteiger partial charge in [0.25, 0.3) is 0 Å². The molecule has 1 aliphatic rings. The molecule has 1 heterocycles. The Kier molecular flexibility index (Phi) is 6.28. The van der Waals surface area contributed by atoms with Gasteiger partial charge in [0.1, 0.15) is 23.1 Å². The van der Waals surface area contributed by atoms with Crippen LogP contribution in [0.5, 0.6) is 28.7 Å². The van der Waals surface area contributed by atoms with Crippen LogP contribution in [0.4, 0.5) is 0 Å². The number of nitrogens with zero attached hydrogens (tertiary/aromatic N) is 1. The zero-order valence-corrected chi connectivity index (χ0v) is 18.8. The van der Waals surface area contributed by atoms with E-state index in [0.717, 1.165) is 0 Å². The number of hydrogen-bond acceptors (Lipinski definition) is 8. The van der Waals surface area contributed by atoms with Gasteiger partial charge in [0.2, 0.25) is 11.6 Å². The van der Waals surface area contributed by atoms with Gasteiger partial charge >= 0.3 is 5.97 Å². The number of fused-ring (bicyclic) bond motifs is 1. The molecule has 0 saturated carbocycles. The first-order chi connectivity index (χ1) is 16.5. The summed E-state index contributed by atoms with van der Waals surface area (Å²) < 4.78 is 27.6. The van der Waals surface area contributed by atoms with E-state index in [1.165, 1.54) is 21.3 Å². The standard InChI is InChI=1S/C26H22N2O6/c1-30-21-11-16(12-22(31-2)24(21)32-3)23-18-10-9-17(13-20(18)34-25(28)19(23)14-27)33-26(29)15-7-5-4-6-8-15/h4-13,23H,28H2,1-3H3. The lowest BCUT2D eigenvalue weighted by Crippen LogP contribution is -2.21. The van der Waals surface area contributed by atoms with Crippen LogP contribution in [0.1, 0.15) is 27.4 Å². The van der Waals surface area contributed by atoms with Crippen LogP contribution in [-0.4, -0.2) is 27.3 Å². The Morgan fingerprint density at radius 1 is 0.971 bits per heavy atom. The lowest BCUT2D eigenvalue weighted by atomic mass is 9.83. The Balaban J connectivity index is 1.77. The summed E-state index contributed by atoms with van der Waals surface area (Å²) >= 11 is 0. The fourth-order valence-electron chi connectivity index (χ4n) is 3.85. The smallest absolute Gasteiger partial charge is 0.343 e. The third-order valence-corrected chi connectivity index (χ3v) is 5.43. The van der Waals surface area contributed by atoms with Gasteiger partial charge < -0.3 is 29.4 Å². The highest BCUT2D eigenvalue weighted by Gasteiger charge is 2.32. The van der Waals surface area contributed by atoms with Crippen molar-refractivity contribution < 1.29 is 28.5 Å². The van der Waals surface area contributed by atoms with Crippen molar-refractivity contribution in [1.82, 2.24) is 0 Å². The fraction of sp³-hybridized carbons (Fsp3) is 0.154. The molecule has 0 aliphatic carbocycles. The number of carbonyl (C=O) groups is 1. The van der Waals surface area contributed by atoms with Crippen molar-refractivity contribution in [1.29, 1.82) is 5.26 Å². The molecular weight excluding hydrogens is 436 g/mol. The number of allylic oxidation sites excluding steroid dienone is 1. The molecule has 2 N–H and O–H groups in total. The van der Waals surface area contributed by atoms with Crippen molar-refractivity contribution in [2.45, 2.75) is 5.92 Å². The van der Waals surface area contributed by atoms with E-state index in [2.05, 4.69) is 6.07 Å². The van der Waals surface area contributed by atoms with Crippen LogP contribution in [0.25, 0.3) is 0 Å². The van der Waals surface area contributed by atoms with Gasteiger partial charge in [-0.3, -0.25) is 0 Å². The normalized spacial score (nSPS) is 14.4. The van der Waals surface area contributed by atoms with Crippen LogP contribution >= 0.6 is 0 Å². The molecule has 0 bridgehead atoms. The van der Waals surface area contributed by atoms with Gasteiger partial charge in [-0.15, -0.1) is 0 Å². The molecule has 3 aromatic carbocycles. The molecule has 8 heteroatoms. The molecule has 0 saturated heterocycles. The van der Waals surface area contributed by atoms with E-state index >= 15 is 0 Å². The number of methoxy groups -OCH3 is 3. The Labute approximate surface area is 196 Å². The van der Waals surface area contributed by atoms with Crippen molar-refractivity contribution in [3.05, 3.63) is 88.8 Å². The molecule has 8 nitrogen and oxygen atoms in total. The number of carbonyl (C=O) groups excluding carboxylic acids is 1. The number of esters is 1. The average molecular weight is 458 g/mol. The average Bonchev–Trinajstić information content (AvgIpc) is 2.87. The third kappa shape index (κ3) is 4.07. The SMILES string of the molecule is COc1cc(C2C(C#N)=C(N)Oc3cc(OC(=O)c4ccccc4)ccc32)cc(OC)c1OC. The number of nitriles is 1. The summed E-state index contributed by atoms with van der Waals surface area (Å²) in [5.74, 6) is 0.849. The summed E-state index contributed by atoms with van der Waals surface area (Å²) in [5, 5.41) is 9.85. The maximum absolute atomic E-state index is 12.5. The first-order valence-corrected chi connectivity index (χ1v) is 10.3. The highest BCUT2D eigenvalue weighted by atomic mass is 16.5. The maximum Gasteiger partial charge on any atom is 0.343 e. The van der Waals surface area contributed by atoms with Crippen molar-refractivity contribution in [3.8, 4) is 34.8 Å². The topological polar surface area (TPSA) is 113 Å². The molecule has 0 spiro atoms. The van der Waals surface area contributed by atoms with Gasteiger partial charge in [-0.05, 0) is 35.9 Å². The zero-order valence-electron chi connectivity index (χ0n) is 18.8. The van der Waals surface area contributed by atoms with Crippen LogP contribution in [0.15, 0.2) is 72.1 Å². The van der Waals surface area contributed by atoms with Crippen molar-refractivity contribution in [2.24, 2.45) is 5.73 Å². The molecule has 172 valence electrons. The lowest BCUT2D eigenvalue weighted by molar-refractivity contribution is 0.0734. The van der Waals surface area contributed by atoms with Crippen LogP contribution in [0.2, 0.25) is 0 Å². The van der Waals surface area contributed by atoms with Crippen LogP contribution in [-0.2, 0) is 0 Å². The van der Waals surface area contributed by atoms with E-state index in [0.29, 0.717) is 39.7 Å². The summed E-state index contributed by atoms with van der Waals surface area (Å²) in [4.78, 5) is 12.5. The second kappa shape index (κ2) is 9.46. The van der Waals surface area contributed by atoms with E-state index in [1.54, 1.807) is 54.6 Å². The summed E-state index contributed by atoms with van der Waals surface area (Å²) in [5.41, 5.74) is 8.12. The monoisotopic (exact) mass is 458 g/mol. The highest BCUT2D eigenvalue weighted by molar-refractivity contribution is 5.91. The van der Waals surface area contributed by atoms with Gasteiger partial charge in [-0.1, -0.05) is 24.3 Å². The highest BCUT2D eigenvalue weighted by Crippen LogP contribution is 2.47. The number of hydrogen-bond donors (Lipinski definition) is 1. The minimum Gasteiger partial charge on any atom is -0.493 e. The molecule has 4 rings (SSSR count). The van der Waals surface area contributed by atoms with Crippen molar-refractivity contribution >= 4 is 5.97 Å². The first-order valence-electron chi connectivity index (χ1n) is 10.3. The van der Waals surface area contributed by atoms with E-state index in [-0.39, 0.29) is 17.2 Å². The molecule has 1 unspecified atom stereocenters. The molecule has 0 radical (unpaired) electrons. The van der Waals surface area contributed by atoms with Crippen molar-refractivity contribution in [3.63, 3.8) is 0 Å². The summed E-state index contributed by atoms with van der Waals surface area (Å²) in [6.07, 6.45) is 0. The molecule has 0 aromatic heterocycles. The second-order valence-electron chi connectivity index (χ2n) is 7.34. The molecule has 0 amide bonds. The van der Waals surface area contributed by atoms with Gasteiger partial charge in [0, 0.05) is 11.6 Å². The van der Waals surface area contributed by atoms with Gasteiger partial charge in [-0.25, -0.2) is 4.79 Å². The van der Waals surface area contributed by atoms with E-state index in [4.69, 9.17) is 29.4 Å². The quantitative estimate of drug-likeness (QED) is 0.433. The minimum absolute atomic E-state index is 0.0414. The largest absolute Gasteiger partial charge is 0.493 e. The molecule has 1 atom stereocenters. The van der Waals surface area contributed by atoms with Crippen molar-refractivity contribution in [2.75, 3.05) is 21.3 Å². The Morgan fingerprint density at radius 2 is 1.65 bits per heavy atom. The van der Waals surface area contributed by atoms with E-state index < -0.39 is 11.9 Å². The Bertz CT molecular complexity index is 1290. The van der Waals surface area contributed by atoms with Gasteiger partial charge in [0.05, 0.1) is 32.8 Å². The lowest BCUT2D eigenvalue weighted by Gasteiger charge is -2.27. The fourth-order valence-corrected chi connectivity index (χ4v) is 3.85. The van der Waals surface area contributed by atoms with Gasteiger partial charge in [-0.2, -0.15) is 5.26 Å². The third-order valence-electron chi connectivity index (χ3n) is 5.43. The number of rotatable bonds is 6. The maximum atomic E-state index is 12.5. The predicted molar refractivity (Wildman–Crippen MR) is 123 cm³/mol. The van der Waals surface area contributed by atoms with Crippen LogP contribution in [0.3, 0.4) is 0 Å². The molecule has 3 aromatic rings. The molecular formula is C26H22N2O6. The van der Waals surface area contributed by atoms with E-state index in [9.17, 15) is 10.1 Å². The van der Waals surface area contributed by atoms with Crippen LogP contribution in [0, 0.1) is 11.3 Å². The van der Waals surface area contributed by atoms with Crippen LogP contribution < -0.4 is 29.4 Å². The Morgan fingerprint density at radius 3 is 2.24 bits per heavy atom. The summed E-state index contributed by atoms with van der Waals surface area (Å²) in [7, 11) is 4.55. The minimum atomic E-state index is -0.568. The van der Waals surface area contributed by atoms with E-state index in [1.807, 2.05) is 6.07 Å². The number of ether oxygens (including phenoxy) is 5. The molecule has 0 fully saturated rings. The number of nitrogens with two attached hydrogens (primary N) is 1. The zero-order chi connectivity index (χ0) is 24.2. The molecule has 34 heavy (non-hydrogen) atoms. The second-order valence-corrected chi connectivity index (χ2v) is 7.34. The predicted octanol–water partition coefficient (Wildman–Crippen LogP) is 4.15. The Hall–Kier alpha value is -4.64. The first kappa shape index (κ1) is 22.6. The summed E-state index contributed by atoms with van der Waals surface area (Å²) in [6, 6.07) is 19.3. The number of benzene rings is 3. The summed E-state index contributed by atoms with van der Waals surface area (Å²) in [6.45, 7) is 0. The molecule has 1 aliphatic heterocycles. The van der Waals surface area contributed by atoms with Gasteiger partial charge in [0.15, 0.2) is 11.5 Å².